The first-order chi connectivity index (χ1) is 8.79. The van der Waals surface area contributed by atoms with E-state index in [-0.39, 0.29) is 0 Å². The standard InChI is InChI=1S/C15H25N3/c1-3-5-15(11-17-14-7-8-14)18(2)12-13-6-4-9-16-10-13/h4,6,9-10,14-15,17H,3,5,7-8,11-12H2,1-2H3. The molecule has 0 bridgehead atoms. The summed E-state index contributed by atoms with van der Waals surface area (Å²) in [6, 6.07) is 5.60. The number of nitrogens with zero attached hydrogens (tertiary/aromatic N) is 2. The monoisotopic (exact) mass is 247 g/mol. The lowest BCUT2D eigenvalue weighted by molar-refractivity contribution is 0.214. The van der Waals surface area contributed by atoms with Crippen molar-refractivity contribution in [2.45, 2.75) is 51.2 Å². The number of pyridine rings is 1. The summed E-state index contributed by atoms with van der Waals surface area (Å²) in [5.41, 5.74) is 1.30. The fourth-order valence-corrected chi connectivity index (χ4v) is 2.31. The second kappa shape index (κ2) is 6.86. The minimum atomic E-state index is 0.635. The highest BCUT2D eigenvalue weighted by atomic mass is 15.2. The molecular formula is C15H25N3. The molecule has 0 amide bonds. The average molecular weight is 247 g/mol. The van der Waals surface area contributed by atoms with Crippen LogP contribution in [0.2, 0.25) is 0 Å². The Morgan fingerprint density at radius 1 is 1.50 bits per heavy atom. The molecule has 0 aromatic carbocycles. The molecule has 0 aliphatic heterocycles. The van der Waals surface area contributed by atoms with E-state index in [1.807, 2.05) is 18.5 Å². The molecule has 1 saturated carbocycles. The minimum absolute atomic E-state index is 0.635. The van der Waals surface area contributed by atoms with Crippen molar-refractivity contribution in [1.82, 2.24) is 15.2 Å². The number of hydrogen-bond acceptors (Lipinski definition) is 3. The first kappa shape index (κ1) is 13.5. The predicted octanol–water partition coefficient (Wildman–Crippen LogP) is 2.43. The van der Waals surface area contributed by atoms with Crippen molar-refractivity contribution in [3.05, 3.63) is 30.1 Å². The molecule has 1 fully saturated rings. The van der Waals surface area contributed by atoms with E-state index in [1.54, 1.807) is 0 Å². The van der Waals surface area contributed by atoms with Crippen LogP contribution in [0.1, 0.15) is 38.2 Å². The van der Waals surface area contributed by atoms with Crippen LogP contribution in [-0.4, -0.2) is 35.6 Å². The Bertz CT molecular complexity index is 335. The van der Waals surface area contributed by atoms with Crippen LogP contribution in [0.5, 0.6) is 0 Å². The number of aromatic nitrogens is 1. The largest absolute Gasteiger partial charge is 0.312 e. The number of likely N-dealkylation sites (N-methyl/N-ethyl adjacent to an activating group) is 1. The third-order valence-corrected chi connectivity index (χ3v) is 3.62. The van der Waals surface area contributed by atoms with Crippen LogP contribution in [-0.2, 0) is 6.54 Å². The summed E-state index contributed by atoms with van der Waals surface area (Å²) in [5, 5.41) is 3.65. The summed E-state index contributed by atoms with van der Waals surface area (Å²) >= 11 is 0. The van der Waals surface area contributed by atoms with Gasteiger partial charge in [-0.25, -0.2) is 0 Å². The zero-order chi connectivity index (χ0) is 12.8. The van der Waals surface area contributed by atoms with Gasteiger partial charge in [0.05, 0.1) is 0 Å². The van der Waals surface area contributed by atoms with Gasteiger partial charge in [0.2, 0.25) is 0 Å². The van der Waals surface area contributed by atoms with Gasteiger partial charge in [0.25, 0.3) is 0 Å². The molecule has 0 radical (unpaired) electrons. The molecule has 18 heavy (non-hydrogen) atoms. The zero-order valence-electron chi connectivity index (χ0n) is 11.6. The first-order valence-corrected chi connectivity index (χ1v) is 7.12. The molecule has 1 aliphatic rings. The Kier molecular flexibility index (Phi) is 5.14. The van der Waals surface area contributed by atoms with Gasteiger partial charge in [-0.2, -0.15) is 0 Å². The van der Waals surface area contributed by atoms with Gasteiger partial charge in [-0.3, -0.25) is 9.88 Å². The summed E-state index contributed by atoms with van der Waals surface area (Å²) in [5.74, 6) is 0. The molecule has 1 heterocycles. The smallest absolute Gasteiger partial charge is 0.0312 e. The van der Waals surface area contributed by atoms with Crippen LogP contribution in [0.4, 0.5) is 0 Å². The Morgan fingerprint density at radius 3 is 2.94 bits per heavy atom. The van der Waals surface area contributed by atoms with E-state index >= 15 is 0 Å². The van der Waals surface area contributed by atoms with Crippen molar-refractivity contribution in [1.29, 1.82) is 0 Å². The molecule has 3 heteroatoms. The van der Waals surface area contributed by atoms with Crippen LogP contribution in [0.25, 0.3) is 0 Å². The van der Waals surface area contributed by atoms with Crippen molar-refractivity contribution >= 4 is 0 Å². The van der Waals surface area contributed by atoms with Gasteiger partial charge in [-0.05, 0) is 37.9 Å². The zero-order valence-corrected chi connectivity index (χ0v) is 11.6. The Hall–Kier alpha value is -0.930. The number of nitrogens with one attached hydrogen (secondary N) is 1. The molecule has 1 unspecified atom stereocenters. The van der Waals surface area contributed by atoms with Crippen LogP contribution in [0, 0.1) is 0 Å². The first-order valence-electron chi connectivity index (χ1n) is 7.12. The van der Waals surface area contributed by atoms with Crippen molar-refractivity contribution in [2.75, 3.05) is 13.6 Å². The average Bonchev–Trinajstić information content (AvgIpc) is 3.19. The molecule has 100 valence electrons. The fraction of sp³-hybridized carbons (Fsp3) is 0.667. The summed E-state index contributed by atoms with van der Waals surface area (Å²) in [6.45, 7) is 4.38. The summed E-state index contributed by atoms with van der Waals surface area (Å²) < 4.78 is 0. The van der Waals surface area contributed by atoms with Crippen LogP contribution in [0.15, 0.2) is 24.5 Å². The molecule has 3 nitrogen and oxygen atoms in total. The summed E-state index contributed by atoms with van der Waals surface area (Å²) in [6.07, 6.45) is 9.04. The van der Waals surface area contributed by atoms with Gasteiger partial charge in [-0.15, -0.1) is 0 Å². The molecule has 1 aromatic rings. The number of hydrogen-bond donors (Lipinski definition) is 1. The van der Waals surface area contributed by atoms with Gasteiger partial charge in [-0.1, -0.05) is 19.4 Å². The number of rotatable bonds is 8. The third-order valence-electron chi connectivity index (χ3n) is 3.62. The third kappa shape index (κ3) is 4.39. The van der Waals surface area contributed by atoms with Crippen LogP contribution < -0.4 is 5.32 Å². The van der Waals surface area contributed by atoms with Crippen LogP contribution >= 0.6 is 0 Å². The molecule has 0 spiro atoms. The lowest BCUT2D eigenvalue weighted by atomic mass is 10.1. The highest BCUT2D eigenvalue weighted by Crippen LogP contribution is 2.19. The van der Waals surface area contributed by atoms with Crippen molar-refractivity contribution in [2.24, 2.45) is 0 Å². The second-order valence-electron chi connectivity index (χ2n) is 5.40. The SMILES string of the molecule is CCCC(CNC1CC1)N(C)Cc1cccnc1. The molecule has 2 rings (SSSR count). The van der Waals surface area contributed by atoms with Gasteiger partial charge < -0.3 is 5.32 Å². The van der Waals surface area contributed by atoms with Gasteiger partial charge >= 0.3 is 0 Å². The maximum absolute atomic E-state index is 4.18. The molecule has 0 saturated heterocycles. The predicted molar refractivity (Wildman–Crippen MR) is 75.4 cm³/mol. The molecular weight excluding hydrogens is 222 g/mol. The minimum Gasteiger partial charge on any atom is -0.312 e. The Morgan fingerprint density at radius 2 is 2.33 bits per heavy atom. The molecule has 1 atom stereocenters. The molecule has 1 N–H and O–H groups in total. The van der Waals surface area contributed by atoms with Crippen molar-refractivity contribution in [3.63, 3.8) is 0 Å². The molecule has 1 aliphatic carbocycles. The lowest BCUT2D eigenvalue weighted by Gasteiger charge is -2.28. The van der Waals surface area contributed by atoms with Gasteiger partial charge in [0.15, 0.2) is 0 Å². The van der Waals surface area contributed by atoms with E-state index in [1.165, 1.54) is 31.2 Å². The quantitative estimate of drug-likeness (QED) is 0.765. The van der Waals surface area contributed by atoms with E-state index in [0.717, 1.165) is 19.1 Å². The maximum atomic E-state index is 4.18. The highest BCUT2D eigenvalue weighted by Gasteiger charge is 2.23. The van der Waals surface area contributed by atoms with E-state index in [9.17, 15) is 0 Å². The lowest BCUT2D eigenvalue weighted by Crippen LogP contribution is -2.40. The Balaban J connectivity index is 1.83. The van der Waals surface area contributed by atoms with Crippen molar-refractivity contribution in [3.8, 4) is 0 Å². The second-order valence-corrected chi connectivity index (χ2v) is 5.40. The van der Waals surface area contributed by atoms with E-state index < -0.39 is 0 Å². The van der Waals surface area contributed by atoms with Crippen molar-refractivity contribution < 1.29 is 0 Å². The fourth-order valence-electron chi connectivity index (χ4n) is 2.31. The molecule has 1 aromatic heterocycles. The topological polar surface area (TPSA) is 28.2 Å². The van der Waals surface area contributed by atoms with E-state index in [4.69, 9.17) is 0 Å². The maximum Gasteiger partial charge on any atom is 0.0312 e. The summed E-state index contributed by atoms with van der Waals surface area (Å²) in [4.78, 5) is 6.64. The van der Waals surface area contributed by atoms with Gasteiger partial charge in [0, 0.05) is 37.6 Å². The van der Waals surface area contributed by atoms with Crippen LogP contribution in [0.3, 0.4) is 0 Å². The normalized spacial score (nSPS) is 17.1. The highest BCUT2D eigenvalue weighted by molar-refractivity contribution is 5.08. The van der Waals surface area contributed by atoms with E-state index in [2.05, 4.69) is 35.2 Å². The van der Waals surface area contributed by atoms with Gasteiger partial charge in [0.1, 0.15) is 0 Å². The summed E-state index contributed by atoms with van der Waals surface area (Å²) in [7, 11) is 2.22. The Labute approximate surface area is 111 Å². The van der Waals surface area contributed by atoms with E-state index in [0.29, 0.717) is 6.04 Å².